The van der Waals surface area contributed by atoms with E-state index in [0.29, 0.717) is 5.25 Å². The van der Waals surface area contributed by atoms with Crippen molar-refractivity contribution in [2.75, 3.05) is 11.4 Å². The number of carbonyl (C=O) groups is 1. The second-order valence-electron chi connectivity index (χ2n) is 5.34. The highest BCUT2D eigenvalue weighted by atomic mass is 32.2. The summed E-state index contributed by atoms with van der Waals surface area (Å²) in [5, 5.41) is 4.71. The van der Waals surface area contributed by atoms with E-state index in [0.717, 1.165) is 18.7 Å². The normalized spacial score (nSPS) is 19.7. The van der Waals surface area contributed by atoms with Gasteiger partial charge in [-0.1, -0.05) is 19.1 Å². The van der Waals surface area contributed by atoms with Crippen LogP contribution in [-0.2, 0) is 4.79 Å². The van der Waals surface area contributed by atoms with Crippen molar-refractivity contribution in [3.8, 4) is 0 Å². The van der Waals surface area contributed by atoms with Gasteiger partial charge in [0.15, 0.2) is 0 Å². The van der Waals surface area contributed by atoms with Crippen LogP contribution in [0.4, 0.5) is 5.69 Å². The minimum Gasteiger partial charge on any atom is -0.309 e. The summed E-state index contributed by atoms with van der Waals surface area (Å²) in [6.45, 7) is 4.88. The van der Waals surface area contributed by atoms with Crippen LogP contribution in [0.5, 0.6) is 0 Å². The molecule has 5 heteroatoms. The average Bonchev–Trinajstić information content (AvgIpc) is 2.96. The number of para-hydroxylation sites is 1. The lowest BCUT2D eigenvalue weighted by Gasteiger charge is -2.25. The van der Waals surface area contributed by atoms with Crippen LogP contribution in [0.3, 0.4) is 0 Å². The number of benzene rings is 1. The number of anilines is 1. The first-order valence-corrected chi connectivity index (χ1v) is 8.11. The van der Waals surface area contributed by atoms with Crippen LogP contribution < -0.4 is 4.90 Å². The minimum atomic E-state index is -0.286. The molecular formula is C16H19N3OS. The molecule has 0 radical (unpaired) electrons. The molecule has 0 aliphatic carbocycles. The van der Waals surface area contributed by atoms with Crippen molar-refractivity contribution in [1.29, 1.82) is 0 Å². The van der Waals surface area contributed by atoms with Crippen molar-refractivity contribution >= 4 is 23.4 Å². The van der Waals surface area contributed by atoms with Gasteiger partial charge >= 0.3 is 0 Å². The first-order chi connectivity index (χ1) is 10.2. The number of nitrogens with zero attached hydrogens (tertiary/aromatic N) is 3. The molecule has 0 unspecified atom stereocenters. The molecule has 0 bridgehead atoms. The molecule has 0 fully saturated rings. The number of amides is 1. The SMILES string of the molecule is C[C@H]1CCN(C(=O)[C@H](C)n2cccn2)c2ccccc2S1. The molecule has 1 aromatic carbocycles. The van der Waals surface area contributed by atoms with Gasteiger partial charge in [0.05, 0.1) is 5.69 Å². The summed E-state index contributed by atoms with van der Waals surface area (Å²) in [5.41, 5.74) is 1.02. The Kier molecular flexibility index (Phi) is 4.01. The predicted octanol–water partition coefficient (Wildman–Crippen LogP) is 3.36. The standard InChI is InChI=1S/C16H19N3OS/c1-12-8-11-18(14-6-3-4-7-15(14)21-12)16(20)13(2)19-10-5-9-17-19/h3-7,9-10,12-13H,8,11H2,1-2H3/t12-,13-/m0/s1. The minimum absolute atomic E-state index is 0.0980. The van der Waals surface area contributed by atoms with Gasteiger partial charge in [-0.3, -0.25) is 9.48 Å². The Bertz CT molecular complexity index is 626. The molecule has 0 saturated carbocycles. The third-order valence-electron chi connectivity index (χ3n) is 3.79. The van der Waals surface area contributed by atoms with Gasteiger partial charge in [-0.2, -0.15) is 5.10 Å². The first-order valence-electron chi connectivity index (χ1n) is 7.23. The van der Waals surface area contributed by atoms with Gasteiger partial charge in [0.1, 0.15) is 6.04 Å². The second kappa shape index (κ2) is 5.93. The molecule has 2 atom stereocenters. The maximum Gasteiger partial charge on any atom is 0.251 e. The Morgan fingerprint density at radius 3 is 2.95 bits per heavy atom. The Morgan fingerprint density at radius 1 is 1.38 bits per heavy atom. The van der Waals surface area contributed by atoms with Gasteiger partial charge in [0.2, 0.25) is 0 Å². The molecule has 0 spiro atoms. The topological polar surface area (TPSA) is 38.1 Å². The zero-order valence-corrected chi connectivity index (χ0v) is 13.1. The van der Waals surface area contributed by atoms with E-state index in [1.165, 1.54) is 4.90 Å². The highest BCUT2D eigenvalue weighted by Crippen LogP contribution is 2.37. The Balaban J connectivity index is 1.92. The molecule has 21 heavy (non-hydrogen) atoms. The maximum absolute atomic E-state index is 12.9. The van der Waals surface area contributed by atoms with Crippen LogP contribution in [0.1, 0.15) is 26.3 Å². The largest absolute Gasteiger partial charge is 0.309 e. The molecule has 1 aliphatic rings. The fraction of sp³-hybridized carbons (Fsp3) is 0.375. The van der Waals surface area contributed by atoms with E-state index in [9.17, 15) is 4.79 Å². The number of fused-ring (bicyclic) bond motifs is 1. The highest BCUT2D eigenvalue weighted by Gasteiger charge is 2.28. The fourth-order valence-electron chi connectivity index (χ4n) is 2.56. The second-order valence-corrected chi connectivity index (χ2v) is 6.82. The molecule has 1 aromatic heterocycles. The molecule has 2 heterocycles. The molecule has 2 aromatic rings. The summed E-state index contributed by atoms with van der Waals surface area (Å²) in [6, 6.07) is 9.72. The van der Waals surface area contributed by atoms with E-state index in [1.807, 2.05) is 54.0 Å². The quantitative estimate of drug-likeness (QED) is 0.853. The monoisotopic (exact) mass is 301 g/mol. The average molecular weight is 301 g/mol. The van der Waals surface area contributed by atoms with Crippen molar-refractivity contribution < 1.29 is 4.79 Å². The molecule has 1 aliphatic heterocycles. The third-order valence-corrected chi connectivity index (χ3v) is 5.03. The summed E-state index contributed by atoms with van der Waals surface area (Å²) in [4.78, 5) is 16.0. The lowest BCUT2D eigenvalue weighted by Crippen LogP contribution is -2.37. The van der Waals surface area contributed by atoms with Crippen LogP contribution in [0.2, 0.25) is 0 Å². The number of carbonyl (C=O) groups excluding carboxylic acids is 1. The van der Waals surface area contributed by atoms with Crippen LogP contribution in [0.25, 0.3) is 0 Å². The lowest BCUT2D eigenvalue weighted by molar-refractivity contribution is -0.121. The maximum atomic E-state index is 12.9. The molecule has 0 saturated heterocycles. The molecule has 1 amide bonds. The van der Waals surface area contributed by atoms with Crippen molar-refractivity contribution in [2.45, 2.75) is 36.5 Å². The van der Waals surface area contributed by atoms with E-state index < -0.39 is 0 Å². The number of thioether (sulfide) groups is 1. The number of hydrogen-bond acceptors (Lipinski definition) is 3. The number of rotatable bonds is 2. The molecule has 3 rings (SSSR count). The van der Waals surface area contributed by atoms with E-state index in [4.69, 9.17) is 0 Å². The Morgan fingerprint density at radius 2 is 2.19 bits per heavy atom. The summed E-state index contributed by atoms with van der Waals surface area (Å²) in [5.74, 6) is 0.0980. The van der Waals surface area contributed by atoms with Crippen molar-refractivity contribution in [1.82, 2.24) is 9.78 Å². The van der Waals surface area contributed by atoms with Crippen LogP contribution in [0.15, 0.2) is 47.6 Å². The van der Waals surface area contributed by atoms with Crippen molar-refractivity contribution in [2.24, 2.45) is 0 Å². The summed E-state index contributed by atoms with van der Waals surface area (Å²) in [6.07, 6.45) is 4.54. The van der Waals surface area contributed by atoms with E-state index in [2.05, 4.69) is 18.1 Å². The van der Waals surface area contributed by atoms with Crippen molar-refractivity contribution in [3.63, 3.8) is 0 Å². The van der Waals surface area contributed by atoms with Gasteiger partial charge in [-0.05, 0) is 31.5 Å². The Labute approximate surface area is 129 Å². The van der Waals surface area contributed by atoms with Gasteiger partial charge < -0.3 is 4.90 Å². The zero-order chi connectivity index (χ0) is 14.8. The van der Waals surface area contributed by atoms with Crippen LogP contribution in [0, 0.1) is 0 Å². The van der Waals surface area contributed by atoms with E-state index in [-0.39, 0.29) is 11.9 Å². The smallest absolute Gasteiger partial charge is 0.251 e. The van der Waals surface area contributed by atoms with Gasteiger partial charge in [-0.15, -0.1) is 11.8 Å². The fourth-order valence-corrected chi connectivity index (χ4v) is 3.68. The van der Waals surface area contributed by atoms with Gasteiger partial charge in [0, 0.05) is 29.1 Å². The van der Waals surface area contributed by atoms with E-state index in [1.54, 1.807) is 10.9 Å². The molecular weight excluding hydrogens is 282 g/mol. The third kappa shape index (κ3) is 2.83. The Hall–Kier alpha value is -1.75. The van der Waals surface area contributed by atoms with E-state index >= 15 is 0 Å². The number of hydrogen-bond donors (Lipinski definition) is 0. The lowest BCUT2D eigenvalue weighted by atomic mass is 10.2. The first kappa shape index (κ1) is 14.2. The predicted molar refractivity (Wildman–Crippen MR) is 85.7 cm³/mol. The molecule has 4 nitrogen and oxygen atoms in total. The van der Waals surface area contributed by atoms with Crippen molar-refractivity contribution in [3.05, 3.63) is 42.7 Å². The summed E-state index contributed by atoms with van der Waals surface area (Å²) >= 11 is 1.85. The van der Waals surface area contributed by atoms with Gasteiger partial charge in [-0.25, -0.2) is 0 Å². The molecule has 0 N–H and O–H groups in total. The summed E-state index contributed by atoms with van der Waals surface area (Å²) < 4.78 is 1.71. The highest BCUT2D eigenvalue weighted by molar-refractivity contribution is 8.00. The number of aromatic nitrogens is 2. The zero-order valence-electron chi connectivity index (χ0n) is 12.3. The van der Waals surface area contributed by atoms with Crippen LogP contribution >= 0.6 is 11.8 Å². The summed E-state index contributed by atoms with van der Waals surface area (Å²) in [7, 11) is 0. The van der Waals surface area contributed by atoms with Crippen LogP contribution in [-0.4, -0.2) is 27.5 Å². The van der Waals surface area contributed by atoms with Gasteiger partial charge in [0.25, 0.3) is 5.91 Å². The molecule has 110 valence electrons.